The molecule has 9 atom stereocenters. The van der Waals surface area contributed by atoms with E-state index in [1.165, 1.54) is 173 Å². The zero-order chi connectivity index (χ0) is 50.4. The molecule has 0 spiro atoms. The second-order valence-corrected chi connectivity index (χ2v) is 20.3. The van der Waals surface area contributed by atoms with Gasteiger partial charge in [0.1, 0.15) is 36.6 Å². The standard InChI is InChI=1S/C58H109NO10/c1-3-5-7-9-11-13-15-17-19-21-22-23-24-25-26-27-28-30-32-34-36-38-40-42-44-46-51(62)57(67)59-49(48-68-58-56(66)55(65)54(64)52(47-60)69-58)53(63)50(61)45-43-41-39-37-35-33-31-29-20-18-16-14-12-10-8-6-4-2/h25-26,29,31,37,39,49-56,58,60-66H,3-24,27-28,30,32-36,38,40-48H2,1-2H3,(H,59,67)/b26-25-,31-29+,39-37+. The van der Waals surface area contributed by atoms with Crippen molar-refractivity contribution in [3.8, 4) is 0 Å². The molecule has 406 valence electrons. The molecule has 1 aliphatic heterocycles. The van der Waals surface area contributed by atoms with Gasteiger partial charge in [-0.05, 0) is 77.0 Å². The lowest BCUT2D eigenvalue weighted by atomic mass is 9.98. The van der Waals surface area contributed by atoms with Crippen molar-refractivity contribution in [1.29, 1.82) is 0 Å². The van der Waals surface area contributed by atoms with Crippen LogP contribution in [0.5, 0.6) is 0 Å². The second kappa shape index (κ2) is 47.3. The third-order valence-electron chi connectivity index (χ3n) is 13.9. The Morgan fingerprint density at radius 3 is 1.29 bits per heavy atom. The van der Waals surface area contributed by atoms with Crippen molar-refractivity contribution < 1.29 is 50.0 Å². The minimum absolute atomic E-state index is 0.246. The first-order valence-corrected chi connectivity index (χ1v) is 28.9. The number of hydrogen-bond donors (Lipinski definition) is 8. The second-order valence-electron chi connectivity index (χ2n) is 20.3. The molecule has 0 aliphatic carbocycles. The van der Waals surface area contributed by atoms with Gasteiger partial charge in [0.2, 0.25) is 5.91 Å². The number of nitrogens with one attached hydrogen (secondary N) is 1. The lowest BCUT2D eigenvalue weighted by molar-refractivity contribution is -0.303. The summed E-state index contributed by atoms with van der Waals surface area (Å²) in [4.78, 5) is 13.2. The molecule has 11 nitrogen and oxygen atoms in total. The highest BCUT2D eigenvalue weighted by atomic mass is 16.7. The van der Waals surface area contributed by atoms with Gasteiger partial charge in [-0.25, -0.2) is 0 Å². The maximum absolute atomic E-state index is 13.2. The zero-order valence-corrected chi connectivity index (χ0v) is 44.3. The molecule has 69 heavy (non-hydrogen) atoms. The summed E-state index contributed by atoms with van der Waals surface area (Å²) in [5.74, 6) is -0.711. The average Bonchev–Trinajstić information content (AvgIpc) is 3.35. The minimum Gasteiger partial charge on any atom is -0.394 e. The molecule has 1 aliphatic rings. The normalized spacial score (nSPS) is 20.6. The van der Waals surface area contributed by atoms with Crippen molar-refractivity contribution in [2.45, 2.75) is 313 Å². The molecule has 0 saturated carbocycles. The topological polar surface area (TPSA) is 189 Å². The number of carbonyl (C=O) groups excluding carboxylic acids is 1. The molecule has 9 unspecified atom stereocenters. The van der Waals surface area contributed by atoms with Crippen molar-refractivity contribution in [1.82, 2.24) is 5.32 Å². The summed E-state index contributed by atoms with van der Waals surface area (Å²) in [5.41, 5.74) is 0. The Labute approximate surface area is 422 Å². The number of unbranched alkanes of at least 4 members (excludes halogenated alkanes) is 31. The number of amides is 1. The van der Waals surface area contributed by atoms with E-state index in [0.717, 1.165) is 38.5 Å². The summed E-state index contributed by atoms with van der Waals surface area (Å²) < 4.78 is 11.1. The summed E-state index contributed by atoms with van der Waals surface area (Å²) in [5, 5.41) is 76.0. The van der Waals surface area contributed by atoms with E-state index in [2.05, 4.69) is 55.6 Å². The van der Waals surface area contributed by atoms with Crippen LogP contribution in [0.2, 0.25) is 0 Å². The molecule has 0 aromatic carbocycles. The number of aliphatic hydroxyl groups is 7. The predicted octanol–water partition coefficient (Wildman–Crippen LogP) is 11.9. The van der Waals surface area contributed by atoms with Gasteiger partial charge in [-0.2, -0.15) is 0 Å². The minimum atomic E-state index is -1.67. The van der Waals surface area contributed by atoms with E-state index in [1.54, 1.807) is 0 Å². The molecule has 1 heterocycles. The molecule has 1 saturated heterocycles. The fourth-order valence-corrected chi connectivity index (χ4v) is 9.16. The van der Waals surface area contributed by atoms with E-state index in [4.69, 9.17) is 9.47 Å². The first-order chi connectivity index (χ1) is 33.7. The molecule has 0 aromatic heterocycles. The van der Waals surface area contributed by atoms with Crippen LogP contribution in [0.4, 0.5) is 0 Å². The first-order valence-electron chi connectivity index (χ1n) is 28.9. The van der Waals surface area contributed by atoms with E-state index < -0.39 is 74.2 Å². The number of ether oxygens (including phenoxy) is 2. The maximum Gasteiger partial charge on any atom is 0.249 e. The number of carbonyl (C=O) groups is 1. The van der Waals surface area contributed by atoms with Crippen molar-refractivity contribution in [3.05, 3.63) is 36.5 Å². The Bertz CT molecular complexity index is 1210. The summed E-state index contributed by atoms with van der Waals surface area (Å²) in [6, 6.07) is -1.19. The third-order valence-corrected chi connectivity index (χ3v) is 13.9. The number of aliphatic hydroxyl groups excluding tert-OH is 7. The van der Waals surface area contributed by atoms with Crippen LogP contribution in [0.3, 0.4) is 0 Å². The molecule has 0 aromatic rings. The molecular formula is C58H109NO10. The van der Waals surface area contributed by atoms with Gasteiger partial charge >= 0.3 is 0 Å². The van der Waals surface area contributed by atoms with Crippen LogP contribution < -0.4 is 5.32 Å². The van der Waals surface area contributed by atoms with Gasteiger partial charge in [0.25, 0.3) is 0 Å². The molecule has 0 radical (unpaired) electrons. The van der Waals surface area contributed by atoms with Crippen LogP contribution in [0, 0.1) is 0 Å². The Morgan fingerprint density at radius 1 is 0.493 bits per heavy atom. The van der Waals surface area contributed by atoms with Gasteiger partial charge in [0, 0.05) is 0 Å². The number of hydrogen-bond acceptors (Lipinski definition) is 10. The summed E-state index contributed by atoms with van der Waals surface area (Å²) >= 11 is 0. The number of allylic oxidation sites excluding steroid dienone is 6. The van der Waals surface area contributed by atoms with Gasteiger partial charge in [0.15, 0.2) is 6.29 Å². The van der Waals surface area contributed by atoms with E-state index in [-0.39, 0.29) is 12.8 Å². The number of rotatable bonds is 49. The summed E-state index contributed by atoms with van der Waals surface area (Å²) in [7, 11) is 0. The maximum atomic E-state index is 13.2. The quantitative estimate of drug-likeness (QED) is 0.0215. The molecule has 8 N–H and O–H groups in total. The van der Waals surface area contributed by atoms with Crippen LogP contribution in [-0.2, 0) is 14.3 Å². The molecular weight excluding hydrogens is 871 g/mol. The fraction of sp³-hybridized carbons (Fsp3) is 0.879. The highest BCUT2D eigenvalue weighted by Crippen LogP contribution is 2.23. The molecule has 1 amide bonds. The van der Waals surface area contributed by atoms with Crippen LogP contribution in [-0.4, -0.2) is 110 Å². The van der Waals surface area contributed by atoms with E-state index >= 15 is 0 Å². The van der Waals surface area contributed by atoms with Crippen LogP contribution in [0.25, 0.3) is 0 Å². The summed E-state index contributed by atoms with van der Waals surface area (Å²) in [6.45, 7) is 3.45. The van der Waals surface area contributed by atoms with Gasteiger partial charge in [-0.3, -0.25) is 4.79 Å². The van der Waals surface area contributed by atoms with Gasteiger partial charge < -0.3 is 50.5 Å². The van der Waals surface area contributed by atoms with E-state index in [0.29, 0.717) is 19.3 Å². The molecule has 1 rings (SSSR count). The molecule has 1 fully saturated rings. The van der Waals surface area contributed by atoms with Crippen LogP contribution >= 0.6 is 0 Å². The predicted molar refractivity (Wildman–Crippen MR) is 284 cm³/mol. The van der Waals surface area contributed by atoms with E-state index in [1.807, 2.05) is 0 Å². The van der Waals surface area contributed by atoms with Crippen molar-refractivity contribution in [2.24, 2.45) is 0 Å². The monoisotopic (exact) mass is 980 g/mol. The third kappa shape index (κ3) is 36.0. The average molecular weight is 981 g/mol. The Kier molecular flexibility index (Phi) is 44.8. The Hall–Kier alpha value is -1.67. The Balaban J connectivity index is 2.33. The first kappa shape index (κ1) is 65.3. The lowest BCUT2D eigenvalue weighted by Crippen LogP contribution is -2.60. The van der Waals surface area contributed by atoms with Crippen molar-refractivity contribution >= 4 is 5.91 Å². The highest BCUT2D eigenvalue weighted by Gasteiger charge is 2.44. The van der Waals surface area contributed by atoms with Gasteiger partial charge in [-0.1, -0.05) is 217 Å². The molecule has 11 heteroatoms. The van der Waals surface area contributed by atoms with Gasteiger partial charge in [0.05, 0.1) is 25.4 Å². The van der Waals surface area contributed by atoms with Crippen LogP contribution in [0.15, 0.2) is 36.5 Å². The largest absolute Gasteiger partial charge is 0.394 e. The Morgan fingerprint density at radius 2 is 0.870 bits per heavy atom. The fourth-order valence-electron chi connectivity index (χ4n) is 9.16. The van der Waals surface area contributed by atoms with Crippen LogP contribution in [0.1, 0.15) is 258 Å². The lowest BCUT2D eigenvalue weighted by Gasteiger charge is -2.40. The zero-order valence-electron chi connectivity index (χ0n) is 44.3. The SMILES string of the molecule is CCCCCCCCCC/C=C/CC/C=C/CCCC(O)C(O)C(COC1OC(CO)C(O)C(O)C1O)NC(=O)C(O)CCCCCCCCCCC/C=C\CCCCCCCCCCCCCC. The summed E-state index contributed by atoms with van der Waals surface area (Å²) in [6.07, 6.45) is 46.3. The van der Waals surface area contributed by atoms with Crippen molar-refractivity contribution in [3.63, 3.8) is 0 Å². The van der Waals surface area contributed by atoms with Crippen molar-refractivity contribution in [2.75, 3.05) is 13.2 Å². The highest BCUT2D eigenvalue weighted by molar-refractivity contribution is 5.80. The molecule has 0 bridgehead atoms. The smallest absolute Gasteiger partial charge is 0.249 e. The van der Waals surface area contributed by atoms with Gasteiger partial charge in [-0.15, -0.1) is 0 Å². The van der Waals surface area contributed by atoms with E-state index in [9.17, 15) is 40.5 Å².